The van der Waals surface area contributed by atoms with Crippen molar-refractivity contribution in [2.24, 2.45) is 0 Å². The highest BCUT2D eigenvalue weighted by atomic mass is 32.1. The monoisotopic (exact) mass is 500 g/mol. The molecule has 35 heavy (non-hydrogen) atoms. The molecule has 0 aliphatic heterocycles. The van der Waals surface area contributed by atoms with Gasteiger partial charge in [0.2, 0.25) is 0 Å². The van der Waals surface area contributed by atoms with Crippen molar-refractivity contribution >= 4 is 28.1 Å². The van der Waals surface area contributed by atoms with Crippen LogP contribution in [0.5, 0.6) is 17.2 Å². The molecule has 0 bridgehead atoms. The highest BCUT2D eigenvalue weighted by molar-refractivity contribution is 7.14. The van der Waals surface area contributed by atoms with E-state index in [1.807, 2.05) is 42.6 Å². The number of thiazole rings is 1. The van der Waals surface area contributed by atoms with Crippen molar-refractivity contribution in [3.05, 3.63) is 58.0 Å². The Hall–Kier alpha value is -3.70. The van der Waals surface area contributed by atoms with E-state index in [-0.39, 0.29) is 18.2 Å². The predicted octanol–water partition coefficient (Wildman–Crippen LogP) is 4.10. The molecule has 0 N–H and O–H groups in total. The number of hydrogen-bond acceptors (Lipinski definition) is 9. The number of benzene rings is 2. The van der Waals surface area contributed by atoms with Crippen LogP contribution in [0.3, 0.4) is 0 Å². The first-order chi connectivity index (χ1) is 16.8. The molecule has 0 saturated heterocycles. The zero-order chi connectivity index (χ0) is 25.4. The van der Waals surface area contributed by atoms with Crippen molar-refractivity contribution in [3.8, 4) is 28.5 Å². The van der Waals surface area contributed by atoms with Crippen molar-refractivity contribution in [1.29, 1.82) is 0 Å². The van der Waals surface area contributed by atoms with Crippen LogP contribution in [0.4, 0.5) is 10.8 Å². The number of ether oxygens (including phenoxy) is 3. The minimum absolute atomic E-state index is 0.0442. The van der Waals surface area contributed by atoms with Crippen molar-refractivity contribution in [1.82, 2.24) is 9.88 Å². The van der Waals surface area contributed by atoms with Crippen LogP contribution in [0.2, 0.25) is 0 Å². The summed E-state index contributed by atoms with van der Waals surface area (Å²) in [5.74, 6) is 1.43. The van der Waals surface area contributed by atoms with Gasteiger partial charge in [-0.2, -0.15) is 0 Å². The first kappa shape index (κ1) is 25.9. The van der Waals surface area contributed by atoms with Crippen molar-refractivity contribution < 1.29 is 23.9 Å². The number of amides is 1. The molecule has 0 radical (unpaired) electrons. The van der Waals surface area contributed by atoms with E-state index in [1.54, 1.807) is 19.1 Å². The number of nitro groups is 1. The van der Waals surface area contributed by atoms with Gasteiger partial charge in [-0.25, -0.2) is 4.98 Å². The molecule has 11 heteroatoms. The smallest absolute Gasteiger partial charge is 0.269 e. The van der Waals surface area contributed by atoms with Gasteiger partial charge in [0.25, 0.3) is 11.6 Å². The van der Waals surface area contributed by atoms with Gasteiger partial charge in [-0.3, -0.25) is 19.8 Å². The summed E-state index contributed by atoms with van der Waals surface area (Å²) in [6, 6.07) is 11.1. The number of carbonyl (C=O) groups excluding carboxylic acids is 1. The molecule has 0 saturated carbocycles. The Morgan fingerprint density at radius 3 is 2.40 bits per heavy atom. The van der Waals surface area contributed by atoms with Gasteiger partial charge in [0.1, 0.15) is 17.2 Å². The van der Waals surface area contributed by atoms with Crippen molar-refractivity contribution in [2.75, 3.05) is 52.9 Å². The third-order valence-corrected chi connectivity index (χ3v) is 5.97. The zero-order valence-electron chi connectivity index (χ0n) is 20.1. The number of methoxy groups -OCH3 is 2. The van der Waals surface area contributed by atoms with Crippen molar-refractivity contribution in [3.63, 3.8) is 0 Å². The Bertz CT molecular complexity index is 1150. The first-order valence-electron chi connectivity index (χ1n) is 10.8. The number of hydrogen-bond donors (Lipinski definition) is 0. The molecule has 3 aromatic rings. The molecule has 0 fully saturated rings. The third-order valence-electron chi connectivity index (χ3n) is 5.10. The van der Waals surface area contributed by atoms with Gasteiger partial charge in [0.15, 0.2) is 11.7 Å². The molecule has 1 amide bonds. The minimum Gasteiger partial charge on any atom is -0.497 e. The van der Waals surface area contributed by atoms with Crippen LogP contribution in [0.1, 0.15) is 6.42 Å². The van der Waals surface area contributed by atoms with Gasteiger partial charge in [-0.15, -0.1) is 11.3 Å². The maximum absolute atomic E-state index is 13.1. The molecule has 10 nitrogen and oxygen atoms in total. The molecular formula is C24H28N4O6S. The molecular weight excluding hydrogens is 472 g/mol. The van der Waals surface area contributed by atoms with Crippen molar-refractivity contribution in [2.45, 2.75) is 6.42 Å². The Morgan fingerprint density at radius 2 is 1.77 bits per heavy atom. The molecule has 0 atom stereocenters. The number of non-ortho nitro benzene ring substituents is 1. The molecule has 2 aromatic carbocycles. The lowest BCUT2D eigenvalue weighted by Crippen LogP contribution is -2.36. The number of nitrogens with zero attached hydrogens (tertiary/aromatic N) is 4. The summed E-state index contributed by atoms with van der Waals surface area (Å²) < 4.78 is 16.4. The summed E-state index contributed by atoms with van der Waals surface area (Å²) in [7, 11) is 7.13. The molecule has 0 spiro atoms. The predicted molar refractivity (Wildman–Crippen MR) is 135 cm³/mol. The molecule has 186 valence electrons. The van der Waals surface area contributed by atoms with E-state index in [1.165, 1.54) is 35.6 Å². The Labute approximate surface area is 207 Å². The van der Waals surface area contributed by atoms with Gasteiger partial charge in [0.05, 0.1) is 24.8 Å². The van der Waals surface area contributed by atoms with Gasteiger partial charge in [-0.05, 0) is 57.4 Å². The molecule has 0 aliphatic rings. The van der Waals surface area contributed by atoms with Crippen LogP contribution in [0.25, 0.3) is 11.3 Å². The average molecular weight is 501 g/mol. The van der Waals surface area contributed by atoms with E-state index < -0.39 is 4.92 Å². The number of rotatable bonds is 12. The van der Waals surface area contributed by atoms with E-state index in [4.69, 9.17) is 19.2 Å². The van der Waals surface area contributed by atoms with Gasteiger partial charge in [-0.1, -0.05) is 0 Å². The Balaban J connectivity index is 1.80. The lowest BCUT2D eigenvalue weighted by molar-refractivity contribution is -0.384. The number of aromatic nitrogens is 1. The second-order valence-corrected chi connectivity index (χ2v) is 8.66. The molecule has 3 rings (SSSR count). The van der Waals surface area contributed by atoms with Crippen LogP contribution in [0.15, 0.2) is 47.8 Å². The fourth-order valence-corrected chi connectivity index (χ4v) is 4.15. The van der Waals surface area contributed by atoms with E-state index in [9.17, 15) is 14.9 Å². The maximum atomic E-state index is 13.1. The van der Waals surface area contributed by atoms with Gasteiger partial charge in [0, 0.05) is 29.6 Å². The molecule has 0 unspecified atom stereocenters. The summed E-state index contributed by atoms with van der Waals surface area (Å²) in [4.78, 5) is 31.9. The highest BCUT2D eigenvalue weighted by Crippen LogP contribution is 2.36. The molecule has 1 aromatic heterocycles. The quantitative estimate of drug-likeness (QED) is 0.270. The van der Waals surface area contributed by atoms with E-state index in [0.29, 0.717) is 34.6 Å². The van der Waals surface area contributed by atoms with Crippen LogP contribution in [-0.4, -0.2) is 68.7 Å². The first-order valence-corrected chi connectivity index (χ1v) is 11.7. The normalized spacial score (nSPS) is 10.8. The van der Waals surface area contributed by atoms with Crippen LogP contribution >= 0.6 is 11.3 Å². The Kier molecular flexibility index (Phi) is 8.98. The third kappa shape index (κ3) is 6.90. The largest absolute Gasteiger partial charge is 0.497 e. The number of carbonyl (C=O) groups is 1. The van der Waals surface area contributed by atoms with Gasteiger partial charge >= 0.3 is 0 Å². The van der Waals surface area contributed by atoms with Crippen LogP contribution in [0, 0.1) is 10.1 Å². The lowest BCUT2D eigenvalue weighted by atomic mass is 10.1. The minimum atomic E-state index is -0.487. The number of nitro benzene ring substituents is 1. The summed E-state index contributed by atoms with van der Waals surface area (Å²) in [5, 5.41) is 13.2. The van der Waals surface area contributed by atoms with E-state index in [0.717, 1.165) is 18.5 Å². The second-order valence-electron chi connectivity index (χ2n) is 7.82. The molecule has 1 heterocycles. The van der Waals surface area contributed by atoms with E-state index >= 15 is 0 Å². The van der Waals surface area contributed by atoms with E-state index in [2.05, 4.69) is 0 Å². The Morgan fingerprint density at radius 1 is 1.06 bits per heavy atom. The average Bonchev–Trinajstić information content (AvgIpc) is 3.34. The van der Waals surface area contributed by atoms with Crippen LogP contribution < -0.4 is 19.1 Å². The fourth-order valence-electron chi connectivity index (χ4n) is 3.29. The SMILES string of the molecule is COc1ccc(OC)c(-c2csc(N(CCCN(C)C)C(=O)COc3ccc([N+](=O)[O-])cc3)n2)c1. The second kappa shape index (κ2) is 12.1. The standard InChI is InChI=1S/C24H28N4O6S/c1-26(2)12-5-13-27(23(29)15-34-18-8-6-17(7-9-18)28(30)31)24-25-21(16-35-24)20-14-19(32-3)10-11-22(20)33-4/h6-11,14,16H,5,12-13,15H2,1-4H3. The summed E-state index contributed by atoms with van der Waals surface area (Å²) in [6.45, 7) is 1.04. The lowest BCUT2D eigenvalue weighted by Gasteiger charge is -2.21. The fraction of sp³-hybridized carbons (Fsp3) is 0.333. The highest BCUT2D eigenvalue weighted by Gasteiger charge is 2.21. The molecule has 0 aliphatic carbocycles. The topological polar surface area (TPSA) is 107 Å². The summed E-state index contributed by atoms with van der Waals surface area (Å²) >= 11 is 1.35. The maximum Gasteiger partial charge on any atom is 0.269 e. The summed E-state index contributed by atoms with van der Waals surface area (Å²) in [5.41, 5.74) is 1.39. The van der Waals surface area contributed by atoms with Gasteiger partial charge < -0.3 is 19.1 Å². The zero-order valence-corrected chi connectivity index (χ0v) is 20.9. The van der Waals surface area contributed by atoms with Crippen LogP contribution in [-0.2, 0) is 4.79 Å². The summed E-state index contributed by atoms with van der Waals surface area (Å²) in [6.07, 6.45) is 0.744. The number of anilines is 1.